The van der Waals surface area contributed by atoms with Gasteiger partial charge in [-0.25, -0.2) is 4.39 Å². The molecule has 27 heavy (non-hydrogen) atoms. The Balaban J connectivity index is 2.19. The summed E-state index contributed by atoms with van der Waals surface area (Å²) in [4.78, 5) is 24.3. The molecule has 2 aromatic carbocycles. The van der Waals surface area contributed by atoms with Crippen LogP contribution in [0.15, 0.2) is 54.6 Å². The Labute approximate surface area is 160 Å². The van der Waals surface area contributed by atoms with E-state index in [-0.39, 0.29) is 35.5 Å². The van der Waals surface area contributed by atoms with Gasteiger partial charge in [0.05, 0.1) is 18.5 Å². The molecule has 0 spiro atoms. The van der Waals surface area contributed by atoms with Crippen molar-refractivity contribution in [3.63, 3.8) is 0 Å². The lowest BCUT2D eigenvalue weighted by Gasteiger charge is -2.32. The molecule has 0 aliphatic heterocycles. The maximum absolute atomic E-state index is 13.7. The summed E-state index contributed by atoms with van der Waals surface area (Å²) in [5, 5.41) is 5.85. The molecule has 0 aromatic heterocycles. The summed E-state index contributed by atoms with van der Waals surface area (Å²) >= 11 is 0. The average Bonchev–Trinajstić information content (AvgIpc) is 2.58. The molecule has 2 aromatic rings. The summed E-state index contributed by atoms with van der Waals surface area (Å²) in [6.45, 7) is 7.40. The van der Waals surface area contributed by atoms with E-state index in [1.165, 1.54) is 19.1 Å². The average molecular weight is 370 g/mol. The van der Waals surface area contributed by atoms with Crippen LogP contribution >= 0.6 is 0 Å². The number of rotatable bonds is 6. The molecule has 0 saturated carbocycles. The third-order valence-corrected chi connectivity index (χ3v) is 4.32. The van der Waals surface area contributed by atoms with Gasteiger partial charge in [0.25, 0.3) is 0 Å². The minimum Gasteiger partial charge on any atom is -0.349 e. The predicted octanol–water partition coefficient (Wildman–Crippen LogP) is 4.30. The molecular formula is C22H27FN2O2. The number of amides is 2. The van der Waals surface area contributed by atoms with Gasteiger partial charge in [0, 0.05) is 6.92 Å². The van der Waals surface area contributed by atoms with Crippen LogP contribution in [0.2, 0.25) is 0 Å². The Morgan fingerprint density at radius 1 is 0.963 bits per heavy atom. The molecule has 5 heteroatoms. The molecule has 0 saturated heterocycles. The molecule has 4 nitrogen and oxygen atoms in total. The molecule has 0 radical (unpaired) electrons. The number of carbonyl (C=O) groups is 2. The lowest BCUT2D eigenvalue weighted by Crippen LogP contribution is -2.39. The van der Waals surface area contributed by atoms with Crippen molar-refractivity contribution in [3.05, 3.63) is 71.5 Å². The van der Waals surface area contributed by atoms with Crippen LogP contribution in [0.4, 0.5) is 4.39 Å². The van der Waals surface area contributed by atoms with Crippen LogP contribution in [0.25, 0.3) is 0 Å². The summed E-state index contributed by atoms with van der Waals surface area (Å²) < 4.78 is 13.7. The molecule has 0 unspecified atom stereocenters. The molecule has 0 aliphatic carbocycles. The van der Waals surface area contributed by atoms with Crippen molar-refractivity contribution in [2.24, 2.45) is 5.41 Å². The van der Waals surface area contributed by atoms with Crippen molar-refractivity contribution in [3.8, 4) is 0 Å². The second kappa shape index (κ2) is 8.80. The topological polar surface area (TPSA) is 58.2 Å². The molecule has 0 heterocycles. The van der Waals surface area contributed by atoms with E-state index < -0.39 is 6.04 Å². The Kier molecular flexibility index (Phi) is 6.72. The molecule has 2 N–H and O–H groups in total. The largest absolute Gasteiger partial charge is 0.349 e. The summed E-state index contributed by atoms with van der Waals surface area (Å²) in [5.41, 5.74) is 1.27. The maximum atomic E-state index is 13.7. The first-order chi connectivity index (χ1) is 12.7. The van der Waals surface area contributed by atoms with E-state index in [2.05, 4.69) is 10.6 Å². The van der Waals surface area contributed by atoms with Gasteiger partial charge in [0.1, 0.15) is 5.82 Å². The second-order valence-corrected chi connectivity index (χ2v) is 7.79. The second-order valence-electron chi connectivity index (χ2n) is 7.79. The first-order valence-corrected chi connectivity index (χ1v) is 9.03. The Morgan fingerprint density at radius 2 is 1.59 bits per heavy atom. The molecule has 0 aliphatic rings. The molecule has 2 amide bonds. The number of benzene rings is 2. The van der Waals surface area contributed by atoms with Gasteiger partial charge in [-0.2, -0.15) is 0 Å². The third kappa shape index (κ3) is 6.20. The molecule has 0 fully saturated rings. The van der Waals surface area contributed by atoms with Gasteiger partial charge in [-0.15, -0.1) is 0 Å². The van der Waals surface area contributed by atoms with Crippen LogP contribution in [0, 0.1) is 11.2 Å². The fraction of sp³-hybridized carbons (Fsp3) is 0.364. The van der Waals surface area contributed by atoms with Crippen LogP contribution in [0.5, 0.6) is 0 Å². The van der Waals surface area contributed by atoms with E-state index in [1.54, 1.807) is 6.07 Å². The lowest BCUT2D eigenvalue weighted by molar-refractivity contribution is -0.124. The molecule has 2 atom stereocenters. The number of hydrogen-bond acceptors (Lipinski definition) is 2. The number of halogens is 1. The van der Waals surface area contributed by atoms with Crippen molar-refractivity contribution in [1.29, 1.82) is 0 Å². The van der Waals surface area contributed by atoms with E-state index in [0.717, 1.165) is 5.56 Å². The Hall–Kier alpha value is -2.69. The van der Waals surface area contributed by atoms with Gasteiger partial charge in [0.15, 0.2) is 0 Å². The van der Waals surface area contributed by atoms with Crippen molar-refractivity contribution in [2.45, 2.75) is 46.2 Å². The van der Waals surface area contributed by atoms with Crippen LogP contribution < -0.4 is 10.6 Å². The summed E-state index contributed by atoms with van der Waals surface area (Å²) in [6.07, 6.45) is 0.103. The summed E-state index contributed by atoms with van der Waals surface area (Å²) in [7, 11) is 0. The number of nitrogens with one attached hydrogen (secondary N) is 2. The van der Waals surface area contributed by atoms with Gasteiger partial charge in [-0.1, -0.05) is 63.2 Å². The first-order valence-electron chi connectivity index (χ1n) is 9.03. The molecule has 0 bridgehead atoms. The van der Waals surface area contributed by atoms with E-state index in [9.17, 15) is 14.0 Å². The third-order valence-electron chi connectivity index (χ3n) is 4.32. The highest BCUT2D eigenvalue weighted by molar-refractivity contribution is 5.79. The van der Waals surface area contributed by atoms with Gasteiger partial charge in [-0.05, 0) is 28.7 Å². The zero-order valence-corrected chi connectivity index (χ0v) is 16.3. The maximum Gasteiger partial charge on any atom is 0.222 e. The van der Waals surface area contributed by atoms with Crippen molar-refractivity contribution in [1.82, 2.24) is 10.6 Å². The minimum atomic E-state index is -0.420. The Morgan fingerprint density at radius 3 is 2.15 bits per heavy atom. The van der Waals surface area contributed by atoms with Gasteiger partial charge < -0.3 is 10.6 Å². The fourth-order valence-corrected chi connectivity index (χ4v) is 3.07. The van der Waals surface area contributed by atoms with E-state index in [0.29, 0.717) is 5.56 Å². The monoisotopic (exact) mass is 370 g/mol. The number of hydrogen-bond donors (Lipinski definition) is 2. The molecule has 2 rings (SSSR count). The molecular weight excluding hydrogens is 343 g/mol. The van der Waals surface area contributed by atoms with Crippen molar-refractivity contribution in [2.75, 3.05) is 0 Å². The zero-order chi connectivity index (χ0) is 20.0. The first kappa shape index (κ1) is 20.6. The SMILES string of the molecule is CC(=O)N[C@H](CC(=O)N[C@@H](c1cccc(F)c1)C(C)(C)C)c1ccccc1. The van der Waals surface area contributed by atoms with Gasteiger partial charge in [-0.3, -0.25) is 9.59 Å². The number of carbonyl (C=O) groups excluding carboxylic acids is 2. The summed E-state index contributed by atoms with van der Waals surface area (Å²) in [5.74, 6) is -0.743. The normalized spacial score (nSPS) is 13.5. The van der Waals surface area contributed by atoms with E-state index >= 15 is 0 Å². The highest BCUT2D eigenvalue weighted by Gasteiger charge is 2.29. The van der Waals surface area contributed by atoms with Gasteiger partial charge >= 0.3 is 0 Å². The highest BCUT2D eigenvalue weighted by Crippen LogP contribution is 2.33. The summed E-state index contributed by atoms with van der Waals surface area (Å²) in [6, 6.07) is 14.9. The van der Waals surface area contributed by atoms with Gasteiger partial charge in [0.2, 0.25) is 11.8 Å². The van der Waals surface area contributed by atoms with Crippen LogP contribution in [0.3, 0.4) is 0 Å². The van der Waals surface area contributed by atoms with Crippen LogP contribution in [-0.4, -0.2) is 11.8 Å². The Bertz CT molecular complexity index is 784. The smallest absolute Gasteiger partial charge is 0.222 e. The van der Waals surface area contributed by atoms with Crippen molar-refractivity contribution < 1.29 is 14.0 Å². The zero-order valence-electron chi connectivity index (χ0n) is 16.3. The quantitative estimate of drug-likeness (QED) is 0.797. The lowest BCUT2D eigenvalue weighted by atomic mass is 9.82. The van der Waals surface area contributed by atoms with Crippen LogP contribution in [-0.2, 0) is 9.59 Å². The van der Waals surface area contributed by atoms with E-state index in [4.69, 9.17) is 0 Å². The molecule has 144 valence electrons. The predicted molar refractivity (Wildman–Crippen MR) is 104 cm³/mol. The van der Waals surface area contributed by atoms with Crippen molar-refractivity contribution >= 4 is 11.8 Å². The van der Waals surface area contributed by atoms with Crippen LogP contribution in [0.1, 0.15) is 57.3 Å². The van der Waals surface area contributed by atoms with E-state index in [1.807, 2.05) is 57.2 Å². The fourth-order valence-electron chi connectivity index (χ4n) is 3.07. The minimum absolute atomic E-state index is 0.103. The highest BCUT2D eigenvalue weighted by atomic mass is 19.1. The standard InChI is InChI=1S/C22H27FN2O2/c1-15(26)24-19(16-9-6-5-7-10-16)14-20(27)25-21(22(2,3)4)17-11-8-12-18(23)13-17/h5-13,19,21H,14H2,1-4H3,(H,24,26)(H,25,27)/t19-,21+/m1/s1.